The Kier molecular flexibility index (Phi) is 5.79. The lowest BCUT2D eigenvalue weighted by molar-refractivity contribution is -0.123. The Hall–Kier alpha value is -2.82. The summed E-state index contributed by atoms with van der Waals surface area (Å²) in [6, 6.07) is 18.1. The topological polar surface area (TPSA) is 43.9 Å². The highest BCUT2D eigenvalue weighted by molar-refractivity contribution is 5.98. The fourth-order valence-corrected chi connectivity index (χ4v) is 3.62. The first-order valence-corrected chi connectivity index (χ1v) is 9.37. The van der Waals surface area contributed by atoms with Crippen molar-refractivity contribution < 1.29 is 9.59 Å². The van der Waals surface area contributed by atoms with Gasteiger partial charge in [-0.25, -0.2) is 4.79 Å². The number of piperidine rings is 1. The maximum Gasteiger partial charge on any atom is 0.319 e. The number of anilines is 1. The largest absolute Gasteiger partial charge is 0.331 e. The highest BCUT2D eigenvalue weighted by Gasteiger charge is 2.30. The van der Waals surface area contributed by atoms with Crippen LogP contribution >= 0.6 is 0 Å². The van der Waals surface area contributed by atoms with Gasteiger partial charge in [0.25, 0.3) is 0 Å². The SMILES string of the molecule is CN(C)C(=O)N1CCC(C(=O)N(C)c2ccccc2-c2ccccc2)CC1. The van der Waals surface area contributed by atoms with Crippen molar-refractivity contribution in [2.75, 3.05) is 39.1 Å². The molecule has 3 rings (SSSR count). The van der Waals surface area contributed by atoms with E-state index in [1.807, 2.05) is 54.4 Å². The molecule has 2 aromatic rings. The van der Waals surface area contributed by atoms with E-state index in [0.717, 1.165) is 16.8 Å². The Morgan fingerprint density at radius 1 is 0.889 bits per heavy atom. The Labute approximate surface area is 161 Å². The minimum Gasteiger partial charge on any atom is -0.331 e. The molecule has 0 N–H and O–H groups in total. The third-order valence-corrected chi connectivity index (χ3v) is 5.18. The summed E-state index contributed by atoms with van der Waals surface area (Å²) in [6.07, 6.45) is 1.41. The monoisotopic (exact) mass is 365 g/mol. The normalized spacial score (nSPS) is 14.7. The van der Waals surface area contributed by atoms with E-state index in [1.165, 1.54) is 0 Å². The van der Waals surface area contributed by atoms with Gasteiger partial charge >= 0.3 is 6.03 Å². The summed E-state index contributed by atoms with van der Waals surface area (Å²) in [5, 5.41) is 0. The number of hydrogen-bond donors (Lipinski definition) is 0. The van der Waals surface area contributed by atoms with Crippen molar-refractivity contribution in [1.29, 1.82) is 0 Å². The number of urea groups is 1. The molecule has 1 heterocycles. The molecule has 0 aliphatic carbocycles. The predicted octanol–water partition coefficient (Wildman–Crippen LogP) is 3.71. The molecule has 0 atom stereocenters. The molecule has 142 valence electrons. The van der Waals surface area contributed by atoms with Gasteiger partial charge in [0.15, 0.2) is 0 Å². The standard InChI is InChI=1S/C22H27N3O2/c1-23(2)22(27)25-15-13-18(14-16-25)21(26)24(3)20-12-8-7-11-19(20)17-9-5-4-6-10-17/h4-12,18H,13-16H2,1-3H3. The van der Waals surface area contributed by atoms with E-state index in [4.69, 9.17) is 0 Å². The van der Waals surface area contributed by atoms with Crippen molar-refractivity contribution in [2.45, 2.75) is 12.8 Å². The highest BCUT2D eigenvalue weighted by atomic mass is 16.2. The van der Waals surface area contributed by atoms with Gasteiger partial charge in [-0.3, -0.25) is 4.79 Å². The number of likely N-dealkylation sites (tertiary alicyclic amines) is 1. The van der Waals surface area contributed by atoms with Crippen molar-refractivity contribution >= 4 is 17.6 Å². The van der Waals surface area contributed by atoms with Gasteiger partial charge in [-0.1, -0.05) is 48.5 Å². The molecule has 1 aliphatic heterocycles. The Balaban J connectivity index is 1.73. The van der Waals surface area contributed by atoms with Crippen LogP contribution in [-0.2, 0) is 4.79 Å². The fourth-order valence-electron chi connectivity index (χ4n) is 3.62. The maximum absolute atomic E-state index is 13.1. The molecular formula is C22H27N3O2. The Morgan fingerprint density at radius 3 is 2.11 bits per heavy atom. The Morgan fingerprint density at radius 2 is 1.48 bits per heavy atom. The number of hydrogen-bond acceptors (Lipinski definition) is 2. The van der Waals surface area contributed by atoms with E-state index in [9.17, 15) is 9.59 Å². The van der Waals surface area contributed by atoms with Gasteiger partial charge < -0.3 is 14.7 Å². The van der Waals surface area contributed by atoms with Crippen LogP contribution in [0.3, 0.4) is 0 Å². The van der Waals surface area contributed by atoms with Gasteiger partial charge in [0.05, 0.1) is 5.69 Å². The molecule has 0 aromatic heterocycles. The van der Waals surface area contributed by atoms with E-state index in [1.54, 1.807) is 23.9 Å². The van der Waals surface area contributed by atoms with Gasteiger partial charge in [-0.05, 0) is 24.5 Å². The number of rotatable bonds is 3. The lowest BCUT2D eigenvalue weighted by atomic mass is 9.94. The maximum atomic E-state index is 13.1. The quantitative estimate of drug-likeness (QED) is 0.832. The third kappa shape index (κ3) is 4.13. The van der Waals surface area contributed by atoms with E-state index in [2.05, 4.69) is 12.1 Å². The van der Waals surface area contributed by atoms with Crippen molar-refractivity contribution in [3.8, 4) is 11.1 Å². The second-order valence-corrected chi connectivity index (χ2v) is 7.22. The van der Waals surface area contributed by atoms with Crippen molar-refractivity contribution in [3.63, 3.8) is 0 Å². The minimum absolute atomic E-state index is 0.0173. The Bertz CT molecular complexity index is 796. The highest BCUT2D eigenvalue weighted by Crippen LogP contribution is 2.32. The molecule has 2 aromatic carbocycles. The smallest absolute Gasteiger partial charge is 0.319 e. The summed E-state index contributed by atoms with van der Waals surface area (Å²) in [6.45, 7) is 1.25. The zero-order valence-electron chi connectivity index (χ0n) is 16.3. The lowest BCUT2D eigenvalue weighted by Crippen LogP contribution is -2.46. The second kappa shape index (κ2) is 8.25. The van der Waals surface area contributed by atoms with Crippen LogP contribution in [0.25, 0.3) is 11.1 Å². The van der Waals surface area contributed by atoms with Gasteiger partial charge in [0.2, 0.25) is 5.91 Å². The molecule has 0 unspecified atom stereocenters. The molecule has 0 radical (unpaired) electrons. The number of carbonyl (C=O) groups excluding carboxylic acids is 2. The van der Waals surface area contributed by atoms with Gasteiger partial charge in [-0.2, -0.15) is 0 Å². The summed E-state index contributed by atoms with van der Waals surface area (Å²) in [5.41, 5.74) is 3.06. The zero-order chi connectivity index (χ0) is 19.4. The van der Waals surface area contributed by atoms with Gasteiger partial charge in [0.1, 0.15) is 0 Å². The average molecular weight is 365 g/mol. The molecule has 0 bridgehead atoms. The molecular weight excluding hydrogens is 338 g/mol. The summed E-state index contributed by atoms with van der Waals surface area (Å²) in [7, 11) is 5.36. The molecule has 5 nitrogen and oxygen atoms in total. The van der Waals surface area contributed by atoms with Crippen LogP contribution in [0, 0.1) is 5.92 Å². The van der Waals surface area contributed by atoms with E-state index in [-0.39, 0.29) is 17.9 Å². The van der Waals surface area contributed by atoms with Gasteiger partial charge in [0, 0.05) is 45.7 Å². The first kappa shape index (κ1) is 19.0. The van der Waals surface area contributed by atoms with Gasteiger partial charge in [-0.15, -0.1) is 0 Å². The molecule has 1 saturated heterocycles. The zero-order valence-corrected chi connectivity index (χ0v) is 16.3. The van der Waals surface area contributed by atoms with Crippen LogP contribution in [0.5, 0.6) is 0 Å². The van der Waals surface area contributed by atoms with Crippen molar-refractivity contribution in [3.05, 3.63) is 54.6 Å². The van der Waals surface area contributed by atoms with Crippen LogP contribution < -0.4 is 4.90 Å². The number of amides is 3. The number of carbonyl (C=O) groups is 2. The lowest BCUT2D eigenvalue weighted by Gasteiger charge is -2.34. The summed E-state index contributed by atoms with van der Waals surface area (Å²) in [5.74, 6) is 0.0698. The number of para-hydroxylation sites is 1. The predicted molar refractivity (Wildman–Crippen MR) is 109 cm³/mol. The number of nitrogens with zero attached hydrogens (tertiary/aromatic N) is 3. The summed E-state index contributed by atoms with van der Waals surface area (Å²) >= 11 is 0. The van der Waals surface area contributed by atoms with Crippen LogP contribution in [0.1, 0.15) is 12.8 Å². The summed E-state index contributed by atoms with van der Waals surface area (Å²) in [4.78, 5) is 30.4. The number of benzene rings is 2. The van der Waals surface area contributed by atoms with Crippen LogP contribution in [-0.4, -0.2) is 56.0 Å². The van der Waals surface area contributed by atoms with Crippen LogP contribution in [0.15, 0.2) is 54.6 Å². The first-order valence-electron chi connectivity index (χ1n) is 9.37. The molecule has 0 spiro atoms. The van der Waals surface area contributed by atoms with E-state index >= 15 is 0 Å². The molecule has 1 fully saturated rings. The van der Waals surface area contributed by atoms with Crippen molar-refractivity contribution in [2.24, 2.45) is 5.92 Å². The average Bonchev–Trinajstić information content (AvgIpc) is 2.73. The molecule has 1 aliphatic rings. The van der Waals surface area contributed by atoms with Crippen LogP contribution in [0.2, 0.25) is 0 Å². The van der Waals surface area contributed by atoms with E-state index in [0.29, 0.717) is 25.9 Å². The first-order chi connectivity index (χ1) is 13.0. The molecule has 27 heavy (non-hydrogen) atoms. The fraction of sp³-hybridized carbons (Fsp3) is 0.364. The minimum atomic E-state index is -0.0509. The molecule has 5 heteroatoms. The van der Waals surface area contributed by atoms with E-state index < -0.39 is 0 Å². The van der Waals surface area contributed by atoms with Crippen molar-refractivity contribution in [1.82, 2.24) is 9.80 Å². The van der Waals surface area contributed by atoms with Crippen LogP contribution in [0.4, 0.5) is 10.5 Å². The molecule has 0 saturated carbocycles. The third-order valence-electron chi connectivity index (χ3n) is 5.18. The molecule has 3 amide bonds. The second-order valence-electron chi connectivity index (χ2n) is 7.22. The summed E-state index contributed by atoms with van der Waals surface area (Å²) < 4.78 is 0.